The van der Waals surface area contributed by atoms with Crippen molar-refractivity contribution in [2.24, 2.45) is 0 Å². The molecule has 0 atom stereocenters. The molecule has 0 amide bonds. The minimum Gasteiger partial charge on any atom is -0.261 e. The highest BCUT2D eigenvalue weighted by molar-refractivity contribution is 5.18. The summed E-state index contributed by atoms with van der Waals surface area (Å²) in [4.78, 5) is 4.44. The van der Waals surface area contributed by atoms with Crippen molar-refractivity contribution in [1.29, 1.82) is 0 Å². The van der Waals surface area contributed by atoms with E-state index < -0.39 is 0 Å². The van der Waals surface area contributed by atoms with Crippen molar-refractivity contribution < 1.29 is 0 Å². The average molecular weight is 174 g/mol. The van der Waals surface area contributed by atoms with Gasteiger partial charge in [-0.25, -0.2) is 0 Å². The van der Waals surface area contributed by atoms with Gasteiger partial charge in [-0.15, -0.1) is 0 Å². The van der Waals surface area contributed by atoms with Crippen molar-refractivity contribution in [3.8, 4) is 0 Å². The largest absolute Gasteiger partial charge is 0.261 e. The first-order chi connectivity index (χ1) is 6.36. The fourth-order valence-electron chi connectivity index (χ4n) is 2.08. The number of rotatable bonds is 1. The minimum absolute atomic E-state index is 0.717. The van der Waals surface area contributed by atoms with E-state index >= 15 is 0 Å². The SMILES string of the molecule is [CH2]c1ccc(C2CCCCC2)nc1. The standard InChI is InChI=1S/C12H16N/c1-10-7-8-12(13-9-10)11-5-3-2-4-6-11/h7-9,11H,1-6H2. The average Bonchev–Trinajstić information content (AvgIpc) is 2.20. The third-order valence-electron chi connectivity index (χ3n) is 2.87. The van der Waals surface area contributed by atoms with E-state index in [4.69, 9.17) is 0 Å². The zero-order valence-corrected chi connectivity index (χ0v) is 8.00. The lowest BCUT2D eigenvalue weighted by Crippen LogP contribution is -2.06. The first kappa shape index (κ1) is 8.74. The van der Waals surface area contributed by atoms with Gasteiger partial charge in [0.2, 0.25) is 0 Å². The van der Waals surface area contributed by atoms with Gasteiger partial charge in [0, 0.05) is 17.8 Å². The van der Waals surface area contributed by atoms with E-state index in [9.17, 15) is 0 Å². The molecule has 0 aromatic carbocycles. The maximum atomic E-state index is 4.44. The maximum Gasteiger partial charge on any atom is 0.0434 e. The van der Waals surface area contributed by atoms with Crippen molar-refractivity contribution in [2.45, 2.75) is 38.0 Å². The quantitative estimate of drug-likeness (QED) is 0.636. The van der Waals surface area contributed by atoms with Crippen LogP contribution in [0.4, 0.5) is 0 Å². The molecule has 69 valence electrons. The number of aromatic nitrogens is 1. The van der Waals surface area contributed by atoms with Gasteiger partial charge in [-0.2, -0.15) is 0 Å². The first-order valence-corrected chi connectivity index (χ1v) is 5.14. The van der Waals surface area contributed by atoms with Gasteiger partial charge >= 0.3 is 0 Å². The molecule has 0 aliphatic heterocycles. The highest BCUT2D eigenvalue weighted by Crippen LogP contribution is 2.31. The third-order valence-corrected chi connectivity index (χ3v) is 2.87. The van der Waals surface area contributed by atoms with Gasteiger partial charge in [0.05, 0.1) is 0 Å². The van der Waals surface area contributed by atoms with Crippen LogP contribution in [-0.4, -0.2) is 4.98 Å². The molecule has 1 aliphatic rings. The van der Waals surface area contributed by atoms with E-state index in [0.29, 0.717) is 5.92 Å². The molecular weight excluding hydrogens is 158 g/mol. The highest BCUT2D eigenvalue weighted by Gasteiger charge is 2.15. The van der Waals surface area contributed by atoms with Gasteiger partial charge in [-0.05, 0) is 31.4 Å². The summed E-state index contributed by atoms with van der Waals surface area (Å²) in [5, 5.41) is 0. The number of pyridine rings is 1. The van der Waals surface area contributed by atoms with E-state index in [1.54, 1.807) is 0 Å². The fourth-order valence-corrected chi connectivity index (χ4v) is 2.08. The van der Waals surface area contributed by atoms with Crippen LogP contribution in [0.25, 0.3) is 0 Å². The van der Waals surface area contributed by atoms with Crippen LogP contribution in [0.1, 0.15) is 49.3 Å². The van der Waals surface area contributed by atoms with Crippen LogP contribution in [-0.2, 0) is 0 Å². The predicted octanol–water partition coefficient (Wildman–Crippen LogP) is 3.31. The molecule has 1 fully saturated rings. The van der Waals surface area contributed by atoms with Crippen LogP contribution >= 0.6 is 0 Å². The van der Waals surface area contributed by atoms with E-state index in [1.165, 1.54) is 37.8 Å². The Morgan fingerprint density at radius 3 is 2.54 bits per heavy atom. The zero-order valence-electron chi connectivity index (χ0n) is 8.00. The zero-order chi connectivity index (χ0) is 9.10. The van der Waals surface area contributed by atoms with Crippen LogP contribution in [0.3, 0.4) is 0 Å². The Labute approximate surface area is 80.2 Å². The van der Waals surface area contributed by atoms with Crippen LogP contribution in [0.2, 0.25) is 0 Å². The van der Waals surface area contributed by atoms with E-state index in [2.05, 4.69) is 24.0 Å². The Hall–Kier alpha value is -0.850. The second-order valence-electron chi connectivity index (χ2n) is 3.93. The molecule has 0 saturated heterocycles. The second-order valence-corrected chi connectivity index (χ2v) is 3.93. The van der Waals surface area contributed by atoms with Crippen LogP contribution < -0.4 is 0 Å². The lowest BCUT2D eigenvalue weighted by molar-refractivity contribution is 0.436. The predicted molar refractivity (Wildman–Crippen MR) is 54.5 cm³/mol. The molecule has 1 aliphatic carbocycles. The molecular formula is C12H16N. The van der Waals surface area contributed by atoms with Gasteiger partial charge in [-0.1, -0.05) is 25.3 Å². The van der Waals surface area contributed by atoms with Crippen molar-refractivity contribution >= 4 is 0 Å². The monoisotopic (exact) mass is 174 g/mol. The smallest absolute Gasteiger partial charge is 0.0434 e. The minimum atomic E-state index is 0.717. The summed E-state index contributed by atoms with van der Waals surface area (Å²) in [6, 6.07) is 4.20. The van der Waals surface area contributed by atoms with Crippen molar-refractivity contribution in [1.82, 2.24) is 4.98 Å². The van der Waals surface area contributed by atoms with E-state index in [1.807, 2.05) is 6.20 Å². The Bertz CT molecular complexity index is 257. The first-order valence-electron chi connectivity index (χ1n) is 5.14. The number of hydrogen-bond donors (Lipinski definition) is 0. The van der Waals surface area contributed by atoms with E-state index in [0.717, 1.165) is 5.56 Å². The molecule has 0 spiro atoms. The lowest BCUT2D eigenvalue weighted by Gasteiger charge is -2.20. The third kappa shape index (κ3) is 2.09. The molecule has 1 radical (unpaired) electrons. The summed E-state index contributed by atoms with van der Waals surface area (Å²) >= 11 is 0. The summed E-state index contributed by atoms with van der Waals surface area (Å²) in [6.45, 7) is 3.84. The lowest BCUT2D eigenvalue weighted by atomic mass is 9.86. The summed E-state index contributed by atoms with van der Waals surface area (Å²) in [5.41, 5.74) is 2.28. The van der Waals surface area contributed by atoms with Crippen molar-refractivity contribution in [3.05, 3.63) is 36.5 Å². The Morgan fingerprint density at radius 2 is 1.92 bits per heavy atom. The molecule has 1 aromatic rings. The molecule has 0 N–H and O–H groups in total. The van der Waals surface area contributed by atoms with Gasteiger partial charge in [0.25, 0.3) is 0 Å². The van der Waals surface area contributed by atoms with Crippen LogP contribution in [0.15, 0.2) is 18.3 Å². The van der Waals surface area contributed by atoms with Gasteiger partial charge in [0.1, 0.15) is 0 Å². The molecule has 0 unspecified atom stereocenters. The van der Waals surface area contributed by atoms with Crippen molar-refractivity contribution in [3.63, 3.8) is 0 Å². The molecule has 13 heavy (non-hydrogen) atoms. The summed E-state index contributed by atoms with van der Waals surface area (Å²) < 4.78 is 0. The summed E-state index contributed by atoms with van der Waals surface area (Å²) in [6.07, 6.45) is 8.68. The Kier molecular flexibility index (Phi) is 2.62. The summed E-state index contributed by atoms with van der Waals surface area (Å²) in [7, 11) is 0. The Balaban J connectivity index is 2.10. The topological polar surface area (TPSA) is 12.9 Å². The van der Waals surface area contributed by atoms with Gasteiger partial charge in [-0.3, -0.25) is 4.98 Å². The van der Waals surface area contributed by atoms with Gasteiger partial charge < -0.3 is 0 Å². The number of nitrogens with zero attached hydrogens (tertiary/aromatic N) is 1. The maximum absolute atomic E-state index is 4.44. The molecule has 1 nitrogen and oxygen atoms in total. The molecule has 2 rings (SSSR count). The number of hydrogen-bond acceptors (Lipinski definition) is 1. The summed E-state index contributed by atoms with van der Waals surface area (Å²) in [5.74, 6) is 0.717. The van der Waals surface area contributed by atoms with E-state index in [-0.39, 0.29) is 0 Å². The Morgan fingerprint density at radius 1 is 1.15 bits per heavy atom. The molecule has 1 heterocycles. The molecule has 1 aromatic heterocycles. The second kappa shape index (κ2) is 3.91. The highest BCUT2D eigenvalue weighted by atomic mass is 14.7. The fraction of sp³-hybridized carbons (Fsp3) is 0.500. The van der Waals surface area contributed by atoms with Gasteiger partial charge in [0.15, 0.2) is 0 Å². The normalized spacial score (nSPS) is 18.8. The molecule has 1 saturated carbocycles. The van der Waals surface area contributed by atoms with Crippen LogP contribution in [0.5, 0.6) is 0 Å². The van der Waals surface area contributed by atoms with Crippen molar-refractivity contribution in [2.75, 3.05) is 0 Å². The molecule has 1 heteroatoms. The molecule has 0 bridgehead atoms. The van der Waals surface area contributed by atoms with Crippen LogP contribution in [0, 0.1) is 6.92 Å².